The highest BCUT2D eigenvalue weighted by molar-refractivity contribution is 5.80. The molecule has 0 aromatic rings. The molecule has 1 aliphatic heterocycles. The second-order valence-corrected chi connectivity index (χ2v) is 6.93. The Bertz CT molecular complexity index is 427. The van der Waals surface area contributed by atoms with E-state index in [9.17, 15) is 4.79 Å². The number of rotatable bonds is 6. The molecule has 0 bridgehead atoms. The van der Waals surface area contributed by atoms with Crippen LogP contribution in [-0.4, -0.2) is 81.3 Å². The van der Waals surface area contributed by atoms with E-state index in [-0.39, 0.29) is 6.09 Å². The van der Waals surface area contributed by atoms with Crippen LogP contribution in [0.3, 0.4) is 0 Å². The Morgan fingerprint density at radius 2 is 1.96 bits per heavy atom. The summed E-state index contributed by atoms with van der Waals surface area (Å²) >= 11 is 0. The number of carbonyl (C=O) groups excluding carboxylic acids is 1. The van der Waals surface area contributed by atoms with Gasteiger partial charge in [-0.25, -0.2) is 4.79 Å². The zero-order valence-corrected chi connectivity index (χ0v) is 15.5. The van der Waals surface area contributed by atoms with E-state index in [1.165, 1.54) is 12.8 Å². The molecule has 0 aromatic carbocycles. The maximum absolute atomic E-state index is 11.7. The standard InChI is InChI=1S/C17H33N5O2/c1-5-24-17(23)22-10-8-14(9-11-22)20-16(18-2)19-12-15(21(3)4)13-6-7-13/h13-15H,5-12H2,1-4H3,(H2,18,19,20). The quantitative estimate of drug-likeness (QED) is 0.560. The fourth-order valence-corrected chi connectivity index (χ4v) is 3.26. The molecule has 1 heterocycles. The minimum atomic E-state index is -0.197. The number of hydrogen-bond donors (Lipinski definition) is 2. The maximum atomic E-state index is 11.7. The number of nitrogens with zero attached hydrogens (tertiary/aromatic N) is 3. The van der Waals surface area contributed by atoms with Crippen molar-refractivity contribution in [3.63, 3.8) is 0 Å². The molecular weight excluding hydrogens is 306 g/mol. The minimum absolute atomic E-state index is 0.197. The number of ether oxygens (including phenoxy) is 1. The van der Waals surface area contributed by atoms with Crippen LogP contribution in [-0.2, 0) is 4.74 Å². The van der Waals surface area contributed by atoms with Gasteiger partial charge in [0.2, 0.25) is 0 Å². The highest BCUT2D eigenvalue weighted by Gasteiger charge is 2.32. The molecule has 1 atom stereocenters. The molecule has 1 saturated heterocycles. The molecule has 1 unspecified atom stereocenters. The zero-order valence-electron chi connectivity index (χ0n) is 15.5. The van der Waals surface area contributed by atoms with Gasteiger partial charge in [-0.05, 0) is 52.6 Å². The van der Waals surface area contributed by atoms with Crippen LogP contribution in [0.1, 0.15) is 32.6 Å². The third kappa shape index (κ3) is 5.54. The number of hydrogen-bond acceptors (Lipinski definition) is 4. The number of carbonyl (C=O) groups is 1. The van der Waals surface area contributed by atoms with Crippen LogP contribution in [0.15, 0.2) is 4.99 Å². The van der Waals surface area contributed by atoms with E-state index in [0.717, 1.165) is 44.4 Å². The second kappa shape index (κ2) is 9.11. The van der Waals surface area contributed by atoms with Crippen LogP contribution in [0.5, 0.6) is 0 Å². The molecule has 0 spiro atoms. The van der Waals surface area contributed by atoms with Gasteiger partial charge < -0.3 is 25.2 Å². The molecule has 7 heteroatoms. The first-order valence-corrected chi connectivity index (χ1v) is 9.10. The molecule has 138 valence electrons. The van der Waals surface area contributed by atoms with E-state index in [0.29, 0.717) is 18.7 Å². The molecule has 24 heavy (non-hydrogen) atoms. The van der Waals surface area contributed by atoms with Crippen LogP contribution in [0, 0.1) is 5.92 Å². The smallest absolute Gasteiger partial charge is 0.409 e. The van der Waals surface area contributed by atoms with Gasteiger partial charge in [-0.3, -0.25) is 4.99 Å². The third-order valence-electron chi connectivity index (χ3n) is 4.89. The lowest BCUT2D eigenvalue weighted by Crippen LogP contribution is -2.52. The SMILES string of the molecule is CCOC(=O)N1CCC(NC(=NC)NCC(C2CC2)N(C)C)CC1. The monoisotopic (exact) mass is 339 g/mol. The Balaban J connectivity index is 1.72. The van der Waals surface area contributed by atoms with Crippen LogP contribution < -0.4 is 10.6 Å². The van der Waals surface area contributed by atoms with Gasteiger partial charge >= 0.3 is 6.09 Å². The number of likely N-dealkylation sites (tertiary alicyclic amines) is 1. The van der Waals surface area contributed by atoms with Crippen molar-refractivity contribution in [3.05, 3.63) is 0 Å². The van der Waals surface area contributed by atoms with Gasteiger partial charge in [-0.2, -0.15) is 0 Å². The number of amides is 1. The Hall–Kier alpha value is -1.50. The molecular formula is C17H33N5O2. The Kier molecular flexibility index (Phi) is 7.15. The number of likely N-dealkylation sites (N-methyl/N-ethyl adjacent to an activating group) is 1. The van der Waals surface area contributed by atoms with Crippen molar-refractivity contribution >= 4 is 12.1 Å². The normalized spacial score (nSPS) is 20.9. The highest BCUT2D eigenvalue weighted by Crippen LogP contribution is 2.34. The van der Waals surface area contributed by atoms with E-state index >= 15 is 0 Å². The predicted octanol–water partition coefficient (Wildman–Crippen LogP) is 1.11. The van der Waals surface area contributed by atoms with Gasteiger partial charge in [0.05, 0.1) is 6.61 Å². The van der Waals surface area contributed by atoms with Gasteiger partial charge in [0.15, 0.2) is 5.96 Å². The molecule has 0 aromatic heterocycles. The lowest BCUT2D eigenvalue weighted by molar-refractivity contribution is 0.0963. The van der Waals surface area contributed by atoms with Gasteiger partial charge in [0.1, 0.15) is 0 Å². The fraction of sp³-hybridized carbons (Fsp3) is 0.882. The summed E-state index contributed by atoms with van der Waals surface area (Å²) in [6.45, 7) is 4.65. The summed E-state index contributed by atoms with van der Waals surface area (Å²) in [7, 11) is 6.10. The summed E-state index contributed by atoms with van der Waals surface area (Å²) in [4.78, 5) is 20.2. The lowest BCUT2D eigenvalue weighted by Gasteiger charge is -2.33. The van der Waals surface area contributed by atoms with Crippen LogP contribution in [0.4, 0.5) is 4.79 Å². The van der Waals surface area contributed by atoms with Crippen LogP contribution in [0.2, 0.25) is 0 Å². The largest absolute Gasteiger partial charge is 0.450 e. The zero-order chi connectivity index (χ0) is 17.5. The number of piperidine rings is 1. The van der Waals surface area contributed by atoms with E-state index in [4.69, 9.17) is 4.74 Å². The maximum Gasteiger partial charge on any atom is 0.409 e. The summed E-state index contributed by atoms with van der Waals surface area (Å²) in [5.41, 5.74) is 0. The van der Waals surface area contributed by atoms with Crippen molar-refractivity contribution < 1.29 is 9.53 Å². The number of aliphatic imine (C=N–C) groups is 1. The van der Waals surface area contributed by atoms with Crippen molar-refractivity contribution in [1.82, 2.24) is 20.4 Å². The molecule has 2 fully saturated rings. The molecule has 7 nitrogen and oxygen atoms in total. The van der Waals surface area contributed by atoms with E-state index < -0.39 is 0 Å². The first kappa shape index (κ1) is 18.8. The lowest BCUT2D eigenvalue weighted by atomic mass is 10.1. The van der Waals surface area contributed by atoms with Crippen molar-refractivity contribution in [3.8, 4) is 0 Å². The Morgan fingerprint density at radius 3 is 2.46 bits per heavy atom. The molecule has 1 aliphatic carbocycles. The summed E-state index contributed by atoms with van der Waals surface area (Å²) in [6, 6.07) is 0.912. The predicted molar refractivity (Wildman–Crippen MR) is 96.3 cm³/mol. The Labute approximate surface area is 145 Å². The van der Waals surface area contributed by atoms with Gasteiger partial charge in [0.25, 0.3) is 0 Å². The third-order valence-corrected chi connectivity index (χ3v) is 4.89. The van der Waals surface area contributed by atoms with Crippen molar-refractivity contribution in [2.24, 2.45) is 10.9 Å². The molecule has 2 N–H and O–H groups in total. The fourth-order valence-electron chi connectivity index (χ4n) is 3.26. The molecule has 1 saturated carbocycles. The average molecular weight is 339 g/mol. The number of nitrogens with one attached hydrogen (secondary N) is 2. The van der Waals surface area contributed by atoms with Gasteiger partial charge in [-0.15, -0.1) is 0 Å². The summed E-state index contributed by atoms with van der Waals surface area (Å²) < 4.78 is 5.06. The van der Waals surface area contributed by atoms with E-state index in [1.54, 1.807) is 4.90 Å². The van der Waals surface area contributed by atoms with Crippen molar-refractivity contribution in [2.75, 3.05) is 47.4 Å². The van der Waals surface area contributed by atoms with Crippen molar-refractivity contribution in [1.29, 1.82) is 0 Å². The highest BCUT2D eigenvalue weighted by atomic mass is 16.6. The first-order valence-electron chi connectivity index (χ1n) is 9.10. The topological polar surface area (TPSA) is 69.2 Å². The minimum Gasteiger partial charge on any atom is -0.450 e. The molecule has 2 rings (SSSR count). The number of guanidine groups is 1. The molecule has 2 aliphatic rings. The summed E-state index contributed by atoms with van der Waals surface area (Å²) in [5, 5.41) is 6.96. The molecule has 0 radical (unpaired) electrons. The van der Waals surface area contributed by atoms with Gasteiger partial charge in [-0.1, -0.05) is 0 Å². The van der Waals surface area contributed by atoms with E-state index in [2.05, 4.69) is 34.6 Å². The summed E-state index contributed by atoms with van der Waals surface area (Å²) in [5.74, 6) is 1.68. The average Bonchev–Trinajstić information content (AvgIpc) is 3.39. The van der Waals surface area contributed by atoms with E-state index in [1.807, 2.05) is 14.0 Å². The second-order valence-electron chi connectivity index (χ2n) is 6.93. The van der Waals surface area contributed by atoms with Gasteiger partial charge in [0, 0.05) is 38.8 Å². The molecule has 1 amide bonds. The first-order chi connectivity index (χ1) is 11.5. The van der Waals surface area contributed by atoms with Crippen LogP contribution >= 0.6 is 0 Å². The van der Waals surface area contributed by atoms with Crippen LogP contribution in [0.25, 0.3) is 0 Å². The van der Waals surface area contributed by atoms with Crippen molar-refractivity contribution in [2.45, 2.75) is 44.7 Å². The Morgan fingerprint density at radius 1 is 1.29 bits per heavy atom. The summed E-state index contributed by atoms with van der Waals surface area (Å²) in [6.07, 6.45) is 4.31.